The molecule has 9 heteroatoms. The maximum absolute atomic E-state index is 12.9. The SMILES string of the molecule is NCC(F)(F)CNc1nc2cc([N+](=O)[O-])ccc2o1. The summed E-state index contributed by atoms with van der Waals surface area (Å²) in [6.07, 6.45) is 0. The molecule has 0 unspecified atom stereocenters. The van der Waals surface area contributed by atoms with Crippen molar-refractivity contribution in [1.82, 2.24) is 4.98 Å². The molecule has 19 heavy (non-hydrogen) atoms. The third-order valence-electron chi connectivity index (χ3n) is 2.38. The molecule has 1 heterocycles. The average molecular weight is 272 g/mol. The quantitative estimate of drug-likeness (QED) is 0.634. The third kappa shape index (κ3) is 2.94. The van der Waals surface area contributed by atoms with Gasteiger partial charge in [0.15, 0.2) is 5.58 Å². The number of nitrogens with two attached hydrogens (primary N) is 1. The number of nitro benzene ring substituents is 1. The summed E-state index contributed by atoms with van der Waals surface area (Å²) in [5.74, 6) is -3.08. The van der Waals surface area contributed by atoms with E-state index >= 15 is 0 Å². The summed E-state index contributed by atoms with van der Waals surface area (Å²) in [7, 11) is 0. The summed E-state index contributed by atoms with van der Waals surface area (Å²) in [4.78, 5) is 13.8. The van der Waals surface area contributed by atoms with Gasteiger partial charge in [-0.05, 0) is 6.07 Å². The molecule has 2 rings (SSSR count). The first-order chi connectivity index (χ1) is 8.91. The van der Waals surface area contributed by atoms with Crippen molar-refractivity contribution in [3.05, 3.63) is 28.3 Å². The monoisotopic (exact) mass is 272 g/mol. The Balaban J connectivity index is 2.20. The number of aromatic nitrogens is 1. The van der Waals surface area contributed by atoms with E-state index < -0.39 is 23.9 Å². The van der Waals surface area contributed by atoms with Crippen molar-refractivity contribution in [2.75, 3.05) is 18.4 Å². The number of hydrogen-bond acceptors (Lipinski definition) is 6. The molecule has 0 amide bonds. The molecular weight excluding hydrogens is 262 g/mol. The van der Waals surface area contributed by atoms with Gasteiger partial charge in [0.2, 0.25) is 0 Å². The van der Waals surface area contributed by atoms with Gasteiger partial charge in [-0.1, -0.05) is 0 Å². The number of fused-ring (bicyclic) bond motifs is 1. The molecule has 102 valence electrons. The lowest BCUT2D eigenvalue weighted by Crippen LogP contribution is -2.35. The lowest BCUT2D eigenvalue weighted by molar-refractivity contribution is -0.384. The molecular formula is C10H10F2N4O3. The van der Waals surface area contributed by atoms with Gasteiger partial charge in [-0.3, -0.25) is 10.1 Å². The molecule has 0 aliphatic rings. The van der Waals surface area contributed by atoms with Crippen LogP contribution in [0.15, 0.2) is 22.6 Å². The summed E-state index contributed by atoms with van der Waals surface area (Å²) >= 11 is 0. The van der Waals surface area contributed by atoms with Gasteiger partial charge in [0, 0.05) is 12.1 Å². The number of nitro groups is 1. The van der Waals surface area contributed by atoms with Crippen molar-refractivity contribution in [3.63, 3.8) is 0 Å². The van der Waals surface area contributed by atoms with E-state index in [1.807, 2.05) is 0 Å². The fraction of sp³-hybridized carbons (Fsp3) is 0.300. The minimum atomic E-state index is -3.08. The molecule has 0 atom stereocenters. The summed E-state index contributed by atoms with van der Waals surface area (Å²) in [5.41, 5.74) is 5.21. The van der Waals surface area contributed by atoms with Crippen molar-refractivity contribution >= 4 is 22.8 Å². The number of halogens is 2. The first-order valence-corrected chi connectivity index (χ1v) is 5.28. The predicted octanol–water partition coefficient (Wildman–Crippen LogP) is 1.74. The van der Waals surface area contributed by atoms with E-state index in [0.29, 0.717) is 0 Å². The molecule has 0 saturated carbocycles. The molecule has 2 aromatic rings. The minimum Gasteiger partial charge on any atom is -0.424 e. The van der Waals surface area contributed by atoms with Crippen LogP contribution in [0, 0.1) is 10.1 Å². The fourth-order valence-electron chi connectivity index (χ4n) is 1.38. The molecule has 0 saturated heterocycles. The molecule has 1 aromatic heterocycles. The number of nitrogens with zero attached hydrogens (tertiary/aromatic N) is 2. The first kappa shape index (κ1) is 13.1. The summed E-state index contributed by atoms with van der Waals surface area (Å²) in [6, 6.07) is 3.66. The van der Waals surface area contributed by atoms with Gasteiger partial charge >= 0.3 is 0 Å². The number of benzene rings is 1. The van der Waals surface area contributed by atoms with E-state index in [1.54, 1.807) is 0 Å². The highest BCUT2D eigenvalue weighted by Crippen LogP contribution is 2.24. The van der Waals surface area contributed by atoms with Crippen LogP contribution in [0.25, 0.3) is 11.1 Å². The van der Waals surface area contributed by atoms with Crippen LogP contribution in [0.5, 0.6) is 0 Å². The average Bonchev–Trinajstić information content (AvgIpc) is 2.78. The third-order valence-corrected chi connectivity index (χ3v) is 2.38. The largest absolute Gasteiger partial charge is 0.424 e. The van der Waals surface area contributed by atoms with Crippen LogP contribution in [0.1, 0.15) is 0 Å². The Morgan fingerprint density at radius 1 is 1.53 bits per heavy atom. The number of nitrogens with one attached hydrogen (secondary N) is 1. The van der Waals surface area contributed by atoms with Crippen molar-refractivity contribution < 1.29 is 18.1 Å². The molecule has 0 radical (unpaired) electrons. The van der Waals surface area contributed by atoms with E-state index in [-0.39, 0.29) is 22.8 Å². The van der Waals surface area contributed by atoms with Gasteiger partial charge in [0.25, 0.3) is 17.6 Å². The second-order valence-electron chi connectivity index (χ2n) is 3.84. The van der Waals surface area contributed by atoms with E-state index in [9.17, 15) is 18.9 Å². The van der Waals surface area contributed by atoms with Crippen LogP contribution in [-0.4, -0.2) is 28.9 Å². The van der Waals surface area contributed by atoms with Crippen LogP contribution in [0.2, 0.25) is 0 Å². The van der Waals surface area contributed by atoms with Crippen molar-refractivity contribution in [2.24, 2.45) is 5.73 Å². The van der Waals surface area contributed by atoms with Gasteiger partial charge < -0.3 is 15.5 Å². The molecule has 0 fully saturated rings. The lowest BCUT2D eigenvalue weighted by atomic mass is 10.3. The van der Waals surface area contributed by atoms with Gasteiger partial charge in [-0.15, -0.1) is 0 Å². The second kappa shape index (κ2) is 4.76. The zero-order chi connectivity index (χ0) is 14.0. The number of non-ortho nitro benzene ring substituents is 1. The Morgan fingerprint density at radius 3 is 2.89 bits per heavy atom. The maximum atomic E-state index is 12.9. The van der Waals surface area contributed by atoms with Crippen molar-refractivity contribution in [3.8, 4) is 0 Å². The van der Waals surface area contributed by atoms with Crippen LogP contribution >= 0.6 is 0 Å². The van der Waals surface area contributed by atoms with Gasteiger partial charge in [-0.25, -0.2) is 8.78 Å². The normalized spacial score (nSPS) is 11.7. The molecule has 0 aliphatic heterocycles. The van der Waals surface area contributed by atoms with Crippen molar-refractivity contribution in [2.45, 2.75) is 5.92 Å². The summed E-state index contributed by atoms with van der Waals surface area (Å²) in [6.45, 7) is -1.52. The van der Waals surface area contributed by atoms with Crippen molar-refractivity contribution in [1.29, 1.82) is 0 Å². The smallest absolute Gasteiger partial charge is 0.295 e. The number of anilines is 1. The van der Waals surface area contributed by atoms with Gasteiger partial charge in [0.05, 0.1) is 18.0 Å². The Kier molecular flexibility index (Phi) is 3.30. The Hall–Kier alpha value is -2.29. The number of hydrogen-bond donors (Lipinski definition) is 2. The van der Waals surface area contributed by atoms with Crippen LogP contribution in [-0.2, 0) is 0 Å². The minimum absolute atomic E-state index is 0.136. The number of oxazole rings is 1. The topological polar surface area (TPSA) is 107 Å². The molecule has 0 aliphatic carbocycles. The van der Waals surface area contributed by atoms with E-state index in [1.165, 1.54) is 18.2 Å². The summed E-state index contributed by atoms with van der Waals surface area (Å²) < 4.78 is 31.0. The zero-order valence-corrected chi connectivity index (χ0v) is 9.60. The van der Waals surface area contributed by atoms with E-state index in [4.69, 9.17) is 10.2 Å². The molecule has 7 nitrogen and oxygen atoms in total. The molecule has 0 spiro atoms. The zero-order valence-electron chi connectivity index (χ0n) is 9.60. The number of rotatable bonds is 5. The maximum Gasteiger partial charge on any atom is 0.295 e. The fourth-order valence-corrected chi connectivity index (χ4v) is 1.38. The standard InChI is InChI=1S/C10H10F2N4O3/c11-10(12,4-13)5-14-9-15-7-3-6(16(17)18)1-2-8(7)19-9/h1-3H,4-5,13H2,(H,14,15). The second-order valence-corrected chi connectivity index (χ2v) is 3.84. The predicted molar refractivity (Wildman–Crippen MR) is 63.2 cm³/mol. The van der Waals surface area contributed by atoms with Crippen LogP contribution in [0.4, 0.5) is 20.5 Å². The van der Waals surface area contributed by atoms with Crippen LogP contribution < -0.4 is 11.1 Å². The Bertz CT molecular complexity index is 614. The van der Waals surface area contributed by atoms with E-state index in [0.717, 1.165) is 0 Å². The highest BCUT2D eigenvalue weighted by Gasteiger charge is 2.27. The Labute approximate surface area is 105 Å². The highest BCUT2D eigenvalue weighted by atomic mass is 19.3. The summed E-state index contributed by atoms with van der Waals surface area (Å²) in [5, 5.41) is 12.9. The van der Waals surface area contributed by atoms with Gasteiger partial charge in [-0.2, -0.15) is 4.98 Å². The number of alkyl halides is 2. The van der Waals surface area contributed by atoms with Crippen LogP contribution in [0.3, 0.4) is 0 Å². The molecule has 1 aromatic carbocycles. The Morgan fingerprint density at radius 2 is 2.26 bits per heavy atom. The first-order valence-electron chi connectivity index (χ1n) is 5.28. The highest BCUT2D eigenvalue weighted by molar-refractivity contribution is 5.77. The van der Waals surface area contributed by atoms with Gasteiger partial charge in [0.1, 0.15) is 5.52 Å². The molecule has 3 N–H and O–H groups in total. The van der Waals surface area contributed by atoms with E-state index in [2.05, 4.69) is 10.3 Å². The molecule has 0 bridgehead atoms. The lowest BCUT2D eigenvalue weighted by Gasteiger charge is -2.12.